The minimum absolute atomic E-state index is 0.121. The third kappa shape index (κ3) is 3.97. The molecular weight excluding hydrogens is 302 g/mol. The highest BCUT2D eigenvalue weighted by atomic mass is 35.5. The Morgan fingerprint density at radius 2 is 2.20 bits per heavy atom. The molecule has 0 fully saturated rings. The Bertz CT molecular complexity index is 649. The summed E-state index contributed by atoms with van der Waals surface area (Å²) in [6.45, 7) is 1.89. The third-order valence-corrected chi connectivity index (χ3v) is 4.34. The maximum absolute atomic E-state index is 12.1. The van der Waals surface area contributed by atoms with Crippen molar-refractivity contribution in [1.29, 1.82) is 0 Å². The maximum atomic E-state index is 12.1. The Kier molecular flexibility index (Phi) is 5.57. The first-order valence-electron chi connectivity index (χ1n) is 5.83. The van der Waals surface area contributed by atoms with Crippen molar-refractivity contribution < 1.29 is 18.3 Å². The van der Waals surface area contributed by atoms with Gasteiger partial charge in [0, 0.05) is 0 Å². The average molecular weight is 316 g/mol. The molecule has 2 N–H and O–H groups in total. The average Bonchev–Trinajstić information content (AvgIpc) is 2.37. The van der Waals surface area contributed by atoms with Crippen LogP contribution in [0.3, 0.4) is 0 Å². The summed E-state index contributed by atoms with van der Waals surface area (Å²) in [4.78, 5) is 10.7. The number of sulfonamides is 1. The van der Waals surface area contributed by atoms with Gasteiger partial charge in [-0.1, -0.05) is 30.9 Å². The first-order chi connectivity index (χ1) is 9.31. The number of nitrogens with one attached hydrogen (secondary N) is 1. The lowest BCUT2D eigenvalue weighted by atomic mass is 10.2. The van der Waals surface area contributed by atoms with Gasteiger partial charge in [-0.2, -0.15) is 4.72 Å². The molecule has 0 spiro atoms. The molecule has 1 aromatic rings. The van der Waals surface area contributed by atoms with Crippen LogP contribution in [-0.2, 0) is 10.0 Å². The fourth-order valence-corrected chi connectivity index (χ4v) is 3.10. The number of hydrogen-bond acceptors (Lipinski definition) is 3. The molecule has 0 aliphatic heterocycles. The predicted molar refractivity (Wildman–Crippen MR) is 76.3 cm³/mol. The Balaban J connectivity index is 3.08. The van der Waals surface area contributed by atoms with Gasteiger partial charge >= 0.3 is 5.97 Å². The van der Waals surface area contributed by atoms with Gasteiger partial charge in [0.05, 0.1) is 21.5 Å². The van der Waals surface area contributed by atoms with Gasteiger partial charge in [-0.3, -0.25) is 0 Å². The van der Waals surface area contributed by atoms with E-state index in [1.54, 1.807) is 0 Å². The number of terminal acetylenes is 1. The molecule has 0 saturated heterocycles. The van der Waals surface area contributed by atoms with E-state index in [1.807, 2.05) is 6.92 Å². The van der Waals surface area contributed by atoms with Gasteiger partial charge in [0.1, 0.15) is 0 Å². The van der Waals surface area contributed by atoms with E-state index in [1.165, 1.54) is 6.07 Å². The largest absolute Gasteiger partial charge is 0.478 e. The highest BCUT2D eigenvalue weighted by molar-refractivity contribution is 7.89. The Morgan fingerprint density at radius 3 is 2.65 bits per heavy atom. The summed E-state index contributed by atoms with van der Waals surface area (Å²) >= 11 is 5.75. The second kappa shape index (κ2) is 6.75. The predicted octanol–water partition coefficient (Wildman–Crippen LogP) is 2.12. The number of halogens is 1. The molecule has 7 heteroatoms. The van der Waals surface area contributed by atoms with Crippen LogP contribution < -0.4 is 4.72 Å². The van der Waals surface area contributed by atoms with E-state index in [-0.39, 0.29) is 15.5 Å². The second-order valence-corrected chi connectivity index (χ2v) is 6.20. The molecule has 0 saturated carbocycles. The molecule has 0 radical (unpaired) electrons. The summed E-state index contributed by atoms with van der Waals surface area (Å²) in [5, 5.41) is 8.69. The van der Waals surface area contributed by atoms with Crippen molar-refractivity contribution >= 4 is 27.6 Å². The van der Waals surface area contributed by atoms with Gasteiger partial charge in [0.25, 0.3) is 0 Å². The zero-order valence-corrected chi connectivity index (χ0v) is 12.3. The normalized spacial score (nSPS) is 12.7. The molecule has 1 unspecified atom stereocenters. The molecule has 0 aliphatic rings. The molecule has 1 rings (SSSR count). The minimum atomic E-state index is -3.83. The van der Waals surface area contributed by atoms with Crippen LogP contribution in [-0.4, -0.2) is 25.5 Å². The van der Waals surface area contributed by atoms with Crippen LogP contribution >= 0.6 is 11.6 Å². The number of aromatic carboxylic acids is 1. The summed E-state index contributed by atoms with van der Waals surface area (Å²) < 4.78 is 26.6. The van der Waals surface area contributed by atoms with Crippen molar-refractivity contribution in [3.05, 3.63) is 28.8 Å². The molecule has 0 amide bonds. The van der Waals surface area contributed by atoms with Crippen molar-refractivity contribution in [3.63, 3.8) is 0 Å². The van der Waals surface area contributed by atoms with Crippen molar-refractivity contribution in [2.45, 2.75) is 30.7 Å². The van der Waals surface area contributed by atoms with Gasteiger partial charge in [-0.05, 0) is 24.6 Å². The number of benzene rings is 1. The van der Waals surface area contributed by atoms with Crippen molar-refractivity contribution in [1.82, 2.24) is 4.72 Å². The standard InChI is InChI=1S/C13H14ClNO4S/c1-3-5-9(4-2)15-20(18,19)10-6-7-11(13(16)17)12(14)8-10/h2,6-9,15H,3,5H2,1H3,(H,16,17). The van der Waals surface area contributed by atoms with Crippen LogP contribution in [0.1, 0.15) is 30.1 Å². The van der Waals surface area contributed by atoms with E-state index in [0.717, 1.165) is 18.6 Å². The number of hydrogen-bond donors (Lipinski definition) is 2. The van der Waals surface area contributed by atoms with Gasteiger partial charge in [0.15, 0.2) is 0 Å². The zero-order chi connectivity index (χ0) is 15.3. The van der Waals surface area contributed by atoms with Crippen molar-refractivity contribution in [2.24, 2.45) is 0 Å². The first-order valence-corrected chi connectivity index (χ1v) is 7.69. The lowest BCUT2D eigenvalue weighted by Crippen LogP contribution is -2.33. The minimum Gasteiger partial charge on any atom is -0.478 e. The van der Waals surface area contributed by atoms with E-state index in [2.05, 4.69) is 10.6 Å². The SMILES string of the molecule is C#CC(CCC)NS(=O)(=O)c1ccc(C(=O)O)c(Cl)c1. The molecule has 20 heavy (non-hydrogen) atoms. The lowest BCUT2D eigenvalue weighted by Gasteiger charge is -2.13. The summed E-state index contributed by atoms with van der Waals surface area (Å²) in [5.41, 5.74) is -0.160. The molecule has 1 atom stereocenters. The van der Waals surface area contributed by atoms with E-state index in [0.29, 0.717) is 6.42 Å². The lowest BCUT2D eigenvalue weighted by molar-refractivity contribution is 0.0697. The van der Waals surface area contributed by atoms with E-state index < -0.39 is 22.0 Å². The second-order valence-electron chi connectivity index (χ2n) is 4.08. The molecule has 0 aromatic heterocycles. The monoisotopic (exact) mass is 315 g/mol. The van der Waals surface area contributed by atoms with Crippen LogP contribution in [0.15, 0.2) is 23.1 Å². The number of carboxylic acid groups (broad SMARTS) is 1. The Hall–Kier alpha value is -1.55. The highest BCUT2D eigenvalue weighted by Crippen LogP contribution is 2.21. The quantitative estimate of drug-likeness (QED) is 0.788. The van der Waals surface area contributed by atoms with Gasteiger partial charge in [0.2, 0.25) is 10.0 Å². The summed E-state index contributed by atoms with van der Waals surface area (Å²) in [7, 11) is -3.83. The van der Waals surface area contributed by atoms with Crippen LogP contribution in [0, 0.1) is 12.3 Å². The van der Waals surface area contributed by atoms with Gasteiger partial charge in [-0.25, -0.2) is 13.2 Å². The van der Waals surface area contributed by atoms with Crippen LogP contribution in [0.4, 0.5) is 0 Å². The summed E-state index contributed by atoms with van der Waals surface area (Å²) in [5.74, 6) is 1.13. The fourth-order valence-electron chi connectivity index (χ4n) is 1.56. The van der Waals surface area contributed by atoms with Crippen LogP contribution in [0.5, 0.6) is 0 Å². The molecule has 1 aromatic carbocycles. The number of rotatable bonds is 6. The molecule has 0 bridgehead atoms. The molecular formula is C13H14ClNO4S. The van der Waals surface area contributed by atoms with E-state index in [4.69, 9.17) is 23.1 Å². The fraction of sp³-hybridized carbons (Fsp3) is 0.308. The van der Waals surface area contributed by atoms with E-state index in [9.17, 15) is 13.2 Å². The van der Waals surface area contributed by atoms with Crippen molar-refractivity contribution in [3.8, 4) is 12.3 Å². The third-order valence-electron chi connectivity index (χ3n) is 2.56. The Labute approximate surface area is 123 Å². The Morgan fingerprint density at radius 1 is 1.55 bits per heavy atom. The maximum Gasteiger partial charge on any atom is 0.337 e. The molecule has 5 nitrogen and oxygen atoms in total. The number of carbonyl (C=O) groups is 1. The number of carboxylic acids is 1. The van der Waals surface area contributed by atoms with Crippen LogP contribution in [0.25, 0.3) is 0 Å². The van der Waals surface area contributed by atoms with Crippen molar-refractivity contribution in [2.75, 3.05) is 0 Å². The molecule has 108 valence electrons. The smallest absolute Gasteiger partial charge is 0.337 e. The zero-order valence-electron chi connectivity index (χ0n) is 10.8. The van der Waals surface area contributed by atoms with E-state index >= 15 is 0 Å². The van der Waals surface area contributed by atoms with Gasteiger partial charge < -0.3 is 5.11 Å². The topological polar surface area (TPSA) is 83.5 Å². The first kappa shape index (κ1) is 16.5. The highest BCUT2D eigenvalue weighted by Gasteiger charge is 2.20. The summed E-state index contributed by atoms with van der Waals surface area (Å²) in [6.07, 6.45) is 6.50. The molecule has 0 heterocycles. The van der Waals surface area contributed by atoms with Crippen LogP contribution in [0.2, 0.25) is 5.02 Å². The van der Waals surface area contributed by atoms with Gasteiger partial charge in [-0.15, -0.1) is 6.42 Å². The summed E-state index contributed by atoms with van der Waals surface area (Å²) in [6, 6.07) is 2.80. The molecule has 0 aliphatic carbocycles.